The molecule has 0 aromatic rings. The lowest BCUT2D eigenvalue weighted by atomic mass is 9.94. The number of aliphatic hydroxyl groups is 1. The molecule has 0 aromatic carbocycles. The average Bonchev–Trinajstić information content (AvgIpc) is 2.00. The van der Waals surface area contributed by atoms with E-state index in [0.717, 1.165) is 0 Å². The first-order valence-corrected chi connectivity index (χ1v) is 7.89. The third-order valence-electron chi connectivity index (χ3n) is 1.15. The molecule has 0 rings (SSSR count). The summed E-state index contributed by atoms with van der Waals surface area (Å²) in [6.07, 6.45) is 0.533. The molecule has 2 N–H and O–H groups in total. The second-order valence-electron chi connectivity index (χ2n) is 3.82. The molecule has 0 unspecified atom stereocenters. The van der Waals surface area contributed by atoms with Gasteiger partial charge >= 0.3 is 7.12 Å². The van der Waals surface area contributed by atoms with E-state index in [1.807, 2.05) is 0 Å². The van der Waals surface area contributed by atoms with E-state index < -0.39 is 15.2 Å². The molecular weight excluding hydrogens is 183 g/mol. The summed E-state index contributed by atoms with van der Waals surface area (Å²) in [5.74, 6) is 2.64. The van der Waals surface area contributed by atoms with Crippen molar-refractivity contribution in [3.05, 3.63) is 0 Å². The van der Waals surface area contributed by atoms with Crippen molar-refractivity contribution in [2.45, 2.75) is 26.1 Å². The first kappa shape index (κ1) is 12.7. The van der Waals surface area contributed by atoms with Gasteiger partial charge in [-0.05, 0) is 6.42 Å². The van der Waals surface area contributed by atoms with Gasteiger partial charge in [-0.15, -0.1) is 5.54 Å². The van der Waals surface area contributed by atoms with Crippen molar-refractivity contribution in [3.63, 3.8) is 0 Å². The Morgan fingerprint density at radius 3 is 2.46 bits per heavy atom. The largest absolute Gasteiger partial charge is 0.546 e. The van der Waals surface area contributed by atoms with Gasteiger partial charge in [-0.2, -0.15) is 0 Å². The van der Waals surface area contributed by atoms with Gasteiger partial charge in [-0.1, -0.05) is 25.5 Å². The summed E-state index contributed by atoms with van der Waals surface area (Å²) in [5.41, 5.74) is 3.00. The van der Waals surface area contributed by atoms with E-state index in [9.17, 15) is 5.02 Å². The van der Waals surface area contributed by atoms with Crippen LogP contribution in [0.15, 0.2) is 0 Å². The van der Waals surface area contributed by atoms with Crippen LogP contribution in [0.25, 0.3) is 0 Å². The lowest BCUT2D eigenvalue weighted by molar-refractivity contribution is 0.216. The molecule has 0 saturated heterocycles. The van der Waals surface area contributed by atoms with Gasteiger partial charge < -0.3 is 14.8 Å². The van der Waals surface area contributed by atoms with Crippen molar-refractivity contribution in [3.8, 4) is 11.4 Å². The highest BCUT2D eigenvalue weighted by atomic mass is 28.3. The van der Waals surface area contributed by atoms with E-state index in [1.54, 1.807) is 0 Å². The zero-order valence-corrected chi connectivity index (χ0v) is 9.50. The van der Waals surface area contributed by atoms with Crippen LogP contribution in [0, 0.1) is 11.4 Å². The van der Waals surface area contributed by atoms with Crippen LogP contribution in [0.4, 0.5) is 0 Å². The molecular formula is C8H17BO3Si. The Labute approximate surface area is 81.3 Å². The zero-order valence-electron chi connectivity index (χ0n) is 8.50. The lowest BCUT2D eigenvalue weighted by Crippen LogP contribution is -2.21. The third-order valence-corrected chi connectivity index (χ3v) is 2.04. The number of hydrogen-bond donors (Lipinski definition) is 2. The summed E-state index contributed by atoms with van der Waals surface area (Å²) in [4.78, 5) is 0. The molecule has 74 valence electrons. The molecule has 0 saturated carbocycles. The van der Waals surface area contributed by atoms with Gasteiger partial charge in [0.15, 0.2) is 0 Å². The number of rotatable bonds is 4. The van der Waals surface area contributed by atoms with Crippen LogP contribution in [0.1, 0.15) is 6.42 Å². The molecule has 0 bridgehead atoms. The van der Waals surface area contributed by atoms with Crippen LogP contribution in [0.2, 0.25) is 19.6 Å². The van der Waals surface area contributed by atoms with Crippen molar-refractivity contribution in [2.24, 2.45) is 0 Å². The van der Waals surface area contributed by atoms with Gasteiger partial charge in [0.2, 0.25) is 0 Å². The third kappa shape index (κ3) is 9.64. The molecule has 5 heteroatoms. The monoisotopic (exact) mass is 200 g/mol. The maximum atomic E-state index is 9.18. The van der Waals surface area contributed by atoms with Gasteiger partial charge in [0, 0.05) is 13.2 Å². The quantitative estimate of drug-likeness (QED) is 0.389. The van der Waals surface area contributed by atoms with Crippen molar-refractivity contribution in [1.82, 2.24) is 0 Å². The van der Waals surface area contributed by atoms with Crippen LogP contribution in [0.5, 0.6) is 0 Å². The van der Waals surface area contributed by atoms with Crippen LogP contribution in [0.3, 0.4) is 0 Å². The molecule has 0 radical (unpaired) electrons. The molecule has 0 atom stereocenters. The average molecular weight is 200 g/mol. The Morgan fingerprint density at radius 1 is 1.38 bits per heavy atom. The topological polar surface area (TPSA) is 49.7 Å². The standard InChI is InChI=1S/C8H17BO3Si/c1-13(2,3)8-5-9(11)12-7-4-6-10/h10-11H,4,6-7H2,1-3H3. The van der Waals surface area contributed by atoms with Crippen molar-refractivity contribution < 1.29 is 14.8 Å². The smallest absolute Gasteiger partial charge is 0.416 e. The Morgan fingerprint density at radius 2 is 2.00 bits per heavy atom. The van der Waals surface area contributed by atoms with Gasteiger partial charge in [0.25, 0.3) is 0 Å². The van der Waals surface area contributed by atoms with E-state index >= 15 is 0 Å². The maximum absolute atomic E-state index is 9.18. The molecule has 13 heavy (non-hydrogen) atoms. The van der Waals surface area contributed by atoms with Crippen molar-refractivity contribution in [1.29, 1.82) is 0 Å². The highest BCUT2D eigenvalue weighted by molar-refractivity contribution is 6.84. The second kappa shape index (κ2) is 6.22. The molecule has 0 amide bonds. The fourth-order valence-electron chi connectivity index (χ4n) is 0.579. The van der Waals surface area contributed by atoms with E-state index in [1.165, 1.54) is 0 Å². The zero-order chi connectivity index (χ0) is 10.3. The van der Waals surface area contributed by atoms with E-state index in [-0.39, 0.29) is 6.61 Å². The van der Waals surface area contributed by atoms with E-state index in [0.29, 0.717) is 13.0 Å². The minimum Gasteiger partial charge on any atom is -0.416 e. The predicted octanol–water partition coefficient (Wildman–Crippen LogP) is 0.286. The summed E-state index contributed by atoms with van der Waals surface area (Å²) in [6, 6.07) is 0. The highest BCUT2D eigenvalue weighted by Crippen LogP contribution is 1.96. The SMILES string of the molecule is C[Si](C)(C)C#CB(O)OCCCO. The van der Waals surface area contributed by atoms with Crippen LogP contribution < -0.4 is 0 Å². The number of aliphatic hydroxyl groups excluding tert-OH is 1. The fourth-order valence-corrected chi connectivity index (χ4v) is 1.14. The Hall–Kier alpha value is -0.278. The van der Waals surface area contributed by atoms with Gasteiger partial charge in [-0.25, -0.2) is 0 Å². The van der Waals surface area contributed by atoms with E-state index in [4.69, 9.17) is 9.76 Å². The van der Waals surface area contributed by atoms with Crippen LogP contribution in [-0.2, 0) is 4.65 Å². The first-order valence-electron chi connectivity index (χ1n) is 4.39. The molecule has 0 heterocycles. The molecule has 0 aliphatic rings. The van der Waals surface area contributed by atoms with Crippen LogP contribution in [-0.4, -0.2) is 38.5 Å². The maximum Gasteiger partial charge on any atom is 0.546 e. The minimum absolute atomic E-state index is 0.0775. The van der Waals surface area contributed by atoms with Gasteiger partial charge in [0.1, 0.15) is 8.07 Å². The summed E-state index contributed by atoms with van der Waals surface area (Å²) in [6.45, 7) is 6.72. The summed E-state index contributed by atoms with van der Waals surface area (Å²) in [7, 11) is -2.42. The minimum atomic E-state index is -1.42. The molecule has 0 aliphatic heterocycles. The van der Waals surface area contributed by atoms with Gasteiger partial charge in [-0.3, -0.25) is 0 Å². The molecule has 0 aromatic heterocycles. The lowest BCUT2D eigenvalue weighted by Gasteiger charge is -2.05. The Bertz CT molecular complexity index is 192. The second-order valence-corrected chi connectivity index (χ2v) is 8.57. The van der Waals surface area contributed by atoms with E-state index in [2.05, 4.69) is 31.0 Å². The van der Waals surface area contributed by atoms with Crippen LogP contribution >= 0.6 is 0 Å². The normalized spacial score (nSPS) is 10.5. The molecule has 0 fully saturated rings. The molecule has 3 nitrogen and oxygen atoms in total. The summed E-state index contributed by atoms with van der Waals surface area (Å²) < 4.78 is 4.92. The summed E-state index contributed by atoms with van der Waals surface area (Å²) in [5, 5.41) is 17.6. The predicted molar refractivity (Wildman–Crippen MR) is 56.7 cm³/mol. The van der Waals surface area contributed by atoms with Gasteiger partial charge in [0.05, 0.1) is 0 Å². The fraction of sp³-hybridized carbons (Fsp3) is 0.750. The van der Waals surface area contributed by atoms with Crippen molar-refractivity contribution >= 4 is 15.2 Å². The Kier molecular flexibility index (Phi) is 6.08. The van der Waals surface area contributed by atoms with Crippen molar-refractivity contribution in [2.75, 3.05) is 13.2 Å². The summed E-state index contributed by atoms with van der Waals surface area (Å²) >= 11 is 0. The Balaban J connectivity index is 3.71. The molecule has 0 aliphatic carbocycles. The number of hydrogen-bond acceptors (Lipinski definition) is 3. The molecule has 0 spiro atoms. The first-order chi connectivity index (χ1) is 5.95. The highest BCUT2D eigenvalue weighted by Gasteiger charge is 2.12.